The van der Waals surface area contributed by atoms with E-state index in [0.717, 1.165) is 29.7 Å². The third kappa shape index (κ3) is 4.47. The predicted octanol–water partition coefficient (Wildman–Crippen LogP) is 4.40. The molecule has 32 heavy (non-hydrogen) atoms. The molecule has 2 aromatic carbocycles. The predicted molar refractivity (Wildman–Crippen MR) is 120 cm³/mol. The van der Waals surface area contributed by atoms with Crippen LogP contribution in [0, 0.1) is 11.2 Å². The number of amides is 1. The number of halogens is 1. The van der Waals surface area contributed by atoms with E-state index in [-0.39, 0.29) is 29.6 Å². The molecule has 0 radical (unpaired) electrons. The third-order valence-electron chi connectivity index (χ3n) is 5.91. The number of aromatic nitrogens is 2. The molecule has 7 heteroatoms. The largest absolute Gasteiger partial charge is 0.497 e. The molecule has 6 nitrogen and oxygen atoms in total. The molecule has 1 heterocycles. The minimum atomic E-state index is -0.307. The summed E-state index contributed by atoms with van der Waals surface area (Å²) in [5.41, 5.74) is 3.35. The quantitative estimate of drug-likeness (QED) is 0.621. The van der Waals surface area contributed by atoms with Gasteiger partial charge >= 0.3 is 0 Å². The summed E-state index contributed by atoms with van der Waals surface area (Å²) in [6, 6.07) is 11.6. The Morgan fingerprint density at radius 2 is 2.03 bits per heavy atom. The second-order valence-electron chi connectivity index (χ2n) is 8.96. The van der Waals surface area contributed by atoms with Gasteiger partial charge < -0.3 is 14.8 Å². The average Bonchev–Trinajstić information content (AvgIpc) is 3.16. The van der Waals surface area contributed by atoms with Gasteiger partial charge in [0.05, 0.1) is 44.3 Å². The fourth-order valence-electron chi connectivity index (χ4n) is 4.44. The van der Waals surface area contributed by atoms with E-state index in [0.29, 0.717) is 17.2 Å². The first-order valence-electron chi connectivity index (χ1n) is 10.6. The van der Waals surface area contributed by atoms with Crippen molar-refractivity contribution in [3.8, 4) is 17.2 Å². The zero-order valence-electron chi connectivity index (χ0n) is 18.8. The molecule has 1 aliphatic carbocycles. The molecule has 3 aromatic rings. The number of hydrogen-bond donors (Lipinski definition) is 1. The zero-order valence-corrected chi connectivity index (χ0v) is 18.8. The van der Waals surface area contributed by atoms with Gasteiger partial charge in [-0.15, -0.1) is 0 Å². The lowest BCUT2D eigenvalue weighted by atomic mass is 9.74. The highest BCUT2D eigenvalue weighted by Crippen LogP contribution is 2.41. The van der Waals surface area contributed by atoms with Gasteiger partial charge in [0, 0.05) is 11.1 Å². The maximum Gasteiger partial charge on any atom is 0.225 e. The van der Waals surface area contributed by atoms with E-state index in [4.69, 9.17) is 9.47 Å². The van der Waals surface area contributed by atoms with Crippen LogP contribution in [0.25, 0.3) is 5.69 Å². The van der Waals surface area contributed by atoms with Gasteiger partial charge in [-0.25, -0.2) is 9.07 Å². The summed E-state index contributed by atoms with van der Waals surface area (Å²) < 4.78 is 26.3. The van der Waals surface area contributed by atoms with Crippen molar-refractivity contribution in [1.82, 2.24) is 15.1 Å². The van der Waals surface area contributed by atoms with E-state index in [1.165, 1.54) is 12.1 Å². The molecule has 4 rings (SSSR count). The Hall–Kier alpha value is -3.35. The normalized spacial score (nSPS) is 16.8. The van der Waals surface area contributed by atoms with E-state index in [1.54, 1.807) is 43.3 Å². The molecular formula is C25H28FN3O3. The molecule has 0 spiro atoms. The van der Waals surface area contributed by atoms with Gasteiger partial charge in [0.25, 0.3) is 0 Å². The number of benzene rings is 2. The molecule has 1 amide bonds. The second-order valence-corrected chi connectivity index (χ2v) is 8.96. The molecule has 0 saturated carbocycles. The van der Waals surface area contributed by atoms with Crippen LogP contribution in [0.3, 0.4) is 0 Å². The van der Waals surface area contributed by atoms with Crippen LogP contribution in [0.2, 0.25) is 0 Å². The van der Waals surface area contributed by atoms with Crippen LogP contribution in [0.5, 0.6) is 11.5 Å². The molecule has 1 unspecified atom stereocenters. The van der Waals surface area contributed by atoms with Crippen molar-refractivity contribution in [3.05, 3.63) is 71.3 Å². The Balaban J connectivity index is 1.60. The molecule has 0 saturated heterocycles. The minimum Gasteiger partial charge on any atom is -0.497 e. The zero-order chi connectivity index (χ0) is 22.9. The number of hydrogen-bond acceptors (Lipinski definition) is 4. The summed E-state index contributed by atoms with van der Waals surface area (Å²) in [5, 5.41) is 7.71. The van der Waals surface area contributed by atoms with E-state index in [9.17, 15) is 9.18 Å². The van der Waals surface area contributed by atoms with Gasteiger partial charge in [0.15, 0.2) is 0 Å². The third-order valence-corrected chi connectivity index (χ3v) is 5.91. The lowest BCUT2D eigenvalue weighted by Crippen LogP contribution is -2.37. The van der Waals surface area contributed by atoms with Crippen molar-refractivity contribution in [2.45, 2.75) is 39.2 Å². The highest BCUT2D eigenvalue weighted by Gasteiger charge is 2.36. The van der Waals surface area contributed by atoms with Crippen LogP contribution in [0.15, 0.2) is 48.7 Å². The van der Waals surface area contributed by atoms with Crippen molar-refractivity contribution >= 4 is 5.91 Å². The van der Waals surface area contributed by atoms with Crippen molar-refractivity contribution < 1.29 is 18.7 Å². The first-order valence-corrected chi connectivity index (χ1v) is 10.6. The van der Waals surface area contributed by atoms with Crippen LogP contribution < -0.4 is 14.8 Å². The fourth-order valence-corrected chi connectivity index (χ4v) is 4.44. The molecule has 1 N–H and O–H groups in total. The summed E-state index contributed by atoms with van der Waals surface area (Å²) in [5.74, 6) is 0.901. The summed E-state index contributed by atoms with van der Waals surface area (Å²) in [6.07, 6.45) is 3.53. The standard InChI is InChI=1S/C25H28FN3O3/c1-25(2)13-21(28-24(30)11-16-10-19(31-3)8-9-23(16)32-4)20-15-27-29(22(20)14-25)18-7-5-6-17(26)12-18/h5-10,12,15,21H,11,13-14H2,1-4H3,(H,28,30). The lowest BCUT2D eigenvalue weighted by molar-refractivity contribution is -0.121. The van der Waals surface area contributed by atoms with Crippen molar-refractivity contribution in [3.63, 3.8) is 0 Å². The summed E-state index contributed by atoms with van der Waals surface area (Å²) in [4.78, 5) is 13.0. The minimum absolute atomic E-state index is 0.0519. The topological polar surface area (TPSA) is 65.4 Å². The Morgan fingerprint density at radius 3 is 2.75 bits per heavy atom. The van der Waals surface area contributed by atoms with Gasteiger partial charge in [0.1, 0.15) is 17.3 Å². The number of methoxy groups -OCH3 is 2. The maximum absolute atomic E-state index is 13.8. The molecule has 1 aromatic heterocycles. The number of fused-ring (bicyclic) bond motifs is 1. The van der Waals surface area contributed by atoms with Gasteiger partial charge in [-0.2, -0.15) is 5.10 Å². The Bertz CT molecular complexity index is 1140. The van der Waals surface area contributed by atoms with Crippen molar-refractivity contribution in [1.29, 1.82) is 0 Å². The Labute approximate surface area is 187 Å². The van der Waals surface area contributed by atoms with E-state index < -0.39 is 0 Å². The first kappa shape index (κ1) is 21.9. The Morgan fingerprint density at radius 1 is 1.22 bits per heavy atom. The monoisotopic (exact) mass is 437 g/mol. The van der Waals surface area contributed by atoms with Crippen LogP contribution in [-0.2, 0) is 17.6 Å². The number of ether oxygens (including phenoxy) is 2. The van der Waals surface area contributed by atoms with E-state index in [1.807, 2.05) is 12.1 Å². The molecule has 1 aliphatic rings. The number of carbonyl (C=O) groups is 1. The molecule has 1 atom stereocenters. The Kier molecular flexibility index (Phi) is 5.91. The SMILES string of the molecule is COc1ccc(OC)c(CC(=O)NC2CC(C)(C)Cc3c2cnn3-c2cccc(F)c2)c1. The van der Waals surface area contributed by atoms with Gasteiger partial charge in [-0.1, -0.05) is 19.9 Å². The fraction of sp³-hybridized carbons (Fsp3) is 0.360. The maximum atomic E-state index is 13.8. The molecule has 0 bridgehead atoms. The van der Waals surface area contributed by atoms with Gasteiger partial charge in [0.2, 0.25) is 5.91 Å². The smallest absolute Gasteiger partial charge is 0.225 e. The summed E-state index contributed by atoms with van der Waals surface area (Å²) in [7, 11) is 3.17. The summed E-state index contributed by atoms with van der Waals surface area (Å²) >= 11 is 0. The molecule has 0 fully saturated rings. The average molecular weight is 438 g/mol. The summed E-state index contributed by atoms with van der Waals surface area (Å²) in [6.45, 7) is 4.34. The van der Waals surface area contributed by atoms with E-state index >= 15 is 0 Å². The van der Waals surface area contributed by atoms with E-state index in [2.05, 4.69) is 24.3 Å². The second kappa shape index (κ2) is 8.65. The highest BCUT2D eigenvalue weighted by atomic mass is 19.1. The van der Waals surface area contributed by atoms with Gasteiger partial charge in [-0.05, 0) is 54.7 Å². The molecule has 168 valence electrons. The van der Waals surface area contributed by atoms with Crippen LogP contribution in [-0.4, -0.2) is 29.9 Å². The van der Waals surface area contributed by atoms with Crippen molar-refractivity contribution in [2.24, 2.45) is 5.41 Å². The first-order chi connectivity index (χ1) is 15.3. The van der Waals surface area contributed by atoms with Crippen LogP contribution in [0.4, 0.5) is 4.39 Å². The lowest BCUT2D eigenvalue weighted by Gasteiger charge is -2.36. The molecular weight excluding hydrogens is 409 g/mol. The number of nitrogens with zero attached hydrogens (tertiary/aromatic N) is 2. The number of rotatable bonds is 6. The number of carbonyl (C=O) groups excluding carboxylic acids is 1. The van der Waals surface area contributed by atoms with Crippen molar-refractivity contribution in [2.75, 3.05) is 14.2 Å². The van der Waals surface area contributed by atoms with Crippen LogP contribution >= 0.6 is 0 Å². The highest BCUT2D eigenvalue weighted by molar-refractivity contribution is 5.80. The van der Waals surface area contributed by atoms with Crippen LogP contribution in [0.1, 0.15) is 43.1 Å². The number of nitrogens with one attached hydrogen (secondary N) is 1. The molecule has 0 aliphatic heterocycles. The van der Waals surface area contributed by atoms with Gasteiger partial charge in [-0.3, -0.25) is 4.79 Å².